The fourth-order valence-corrected chi connectivity index (χ4v) is 6.28. The molecule has 8 nitrogen and oxygen atoms in total. The molecule has 1 aliphatic carbocycles. The predicted molar refractivity (Wildman–Crippen MR) is 161 cm³/mol. The molecule has 11 heteroatoms. The number of rotatable bonds is 12. The van der Waals surface area contributed by atoms with E-state index in [1.54, 1.807) is 10.7 Å². The van der Waals surface area contributed by atoms with E-state index in [2.05, 4.69) is 25.7 Å². The van der Waals surface area contributed by atoms with Crippen molar-refractivity contribution >= 4 is 29.9 Å². The molecular formula is C31H37F2N5O3Si. The first kappa shape index (κ1) is 29.9. The first-order valence-electron chi connectivity index (χ1n) is 14.5. The highest BCUT2D eigenvalue weighted by Gasteiger charge is 2.22. The second-order valence-corrected chi connectivity index (χ2v) is 17.9. The van der Waals surface area contributed by atoms with Gasteiger partial charge in [0.15, 0.2) is 0 Å². The van der Waals surface area contributed by atoms with Gasteiger partial charge in [-0.3, -0.25) is 4.79 Å². The van der Waals surface area contributed by atoms with E-state index in [9.17, 15) is 18.8 Å². The van der Waals surface area contributed by atoms with Crippen LogP contribution < -0.4 is 10.3 Å². The Morgan fingerprint density at radius 2 is 1.88 bits per heavy atom. The molecule has 4 aromatic rings. The van der Waals surface area contributed by atoms with Crippen molar-refractivity contribution < 1.29 is 18.3 Å². The number of aromatic nitrogens is 4. The lowest BCUT2D eigenvalue weighted by atomic mass is 10.1. The van der Waals surface area contributed by atoms with Crippen molar-refractivity contribution in [2.45, 2.75) is 77.5 Å². The monoisotopic (exact) mass is 593 g/mol. The summed E-state index contributed by atoms with van der Waals surface area (Å²) in [6.45, 7) is 7.42. The molecule has 2 heterocycles. The van der Waals surface area contributed by atoms with Gasteiger partial charge in [-0.2, -0.15) is 10.4 Å². The molecule has 222 valence electrons. The summed E-state index contributed by atoms with van der Waals surface area (Å²) in [4.78, 5) is 18.2. The van der Waals surface area contributed by atoms with Gasteiger partial charge in [-0.1, -0.05) is 50.7 Å². The Morgan fingerprint density at radius 1 is 1.14 bits per heavy atom. The maximum atomic E-state index is 13.4. The van der Waals surface area contributed by atoms with E-state index in [-0.39, 0.29) is 23.6 Å². The van der Waals surface area contributed by atoms with Gasteiger partial charge in [0.25, 0.3) is 12.0 Å². The summed E-state index contributed by atoms with van der Waals surface area (Å²) >= 11 is 0. The molecule has 2 aromatic heterocycles. The molecule has 0 saturated heterocycles. The third kappa shape index (κ3) is 6.87. The van der Waals surface area contributed by atoms with Crippen molar-refractivity contribution in [3.05, 3.63) is 63.8 Å². The van der Waals surface area contributed by atoms with Crippen LogP contribution in [0.2, 0.25) is 25.7 Å². The second-order valence-electron chi connectivity index (χ2n) is 12.3. The summed E-state index contributed by atoms with van der Waals surface area (Å²) in [7, 11) is -1.32. The predicted octanol–water partition coefficient (Wildman–Crippen LogP) is 6.36. The van der Waals surface area contributed by atoms with Gasteiger partial charge in [-0.25, -0.2) is 18.4 Å². The Labute approximate surface area is 244 Å². The lowest BCUT2D eigenvalue weighted by Gasteiger charge is -2.17. The molecular weight excluding hydrogens is 556 g/mol. The number of fused-ring (bicyclic) bond motifs is 2. The van der Waals surface area contributed by atoms with Crippen LogP contribution in [0.25, 0.3) is 21.8 Å². The second kappa shape index (κ2) is 12.7. The average molecular weight is 594 g/mol. The third-order valence-electron chi connectivity index (χ3n) is 7.81. The SMILES string of the molecule is C[Si](C)(C)CCOCn1c(Cc2nn(CC3CCCC3)c(=O)c3ccccc23)nc2cc(OCC(F)F)c(C#N)cc21. The normalized spacial score (nSPS) is 14.3. The third-order valence-corrected chi connectivity index (χ3v) is 9.51. The van der Waals surface area contributed by atoms with Crippen LogP contribution in [0, 0.1) is 17.2 Å². The average Bonchev–Trinajstić information content (AvgIpc) is 3.58. The van der Waals surface area contributed by atoms with Crippen molar-refractivity contribution in [3.8, 4) is 11.8 Å². The van der Waals surface area contributed by atoms with Crippen LogP contribution in [0.1, 0.15) is 42.8 Å². The molecule has 0 aliphatic heterocycles. The highest BCUT2D eigenvalue weighted by Crippen LogP contribution is 2.29. The Hall–Kier alpha value is -3.62. The zero-order valence-electron chi connectivity index (χ0n) is 24.4. The summed E-state index contributed by atoms with van der Waals surface area (Å²) in [5, 5.41) is 16.0. The molecule has 1 fully saturated rings. The van der Waals surface area contributed by atoms with E-state index in [1.807, 2.05) is 28.8 Å². The van der Waals surface area contributed by atoms with Crippen molar-refractivity contribution in [2.75, 3.05) is 13.2 Å². The highest BCUT2D eigenvalue weighted by molar-refractivity contribution is 6.76. The number of imidazole rings is 1. The van der Waals surface area contributed by atoms with Crippen LogP contribution in [0.4, 0.5) is 8.78 Å². The summed E-state index contributed by atoms with van der Waals surface area (Å²) in [5.41, 5.74) is 1.92. The van der Waals surface area contributed by atoms with Crippen LogP contribution in [0.3, 0.4) is 0 Å². The minimum absolute atomic E-state index is 0.0647. The standard InChI is InChI=1S/C31H37F2N5O3Si/c1-42(2,3)13-12-40-20-37-27-14-22(17-34)28(41-19-29(32)33)15-26(27)35-30(37)16-25-23-10-6-7-11-24(23)31(39)38(36-25)18-21-8-4-5-9-21/h6-7,10-11,14-15,21,29H,4-5,8-9,12-13,16,18-20H2,1-3H3. The van der Waals surface area contributed by atoms with Crippen LogP contribution in [0.15, 0.2) is 41.2 Å². The quantitative estimate of drug-likeness (QED) is 0.140. The summed E-state index contributed by atoms with van der Waals surface area (Å²) < 4.78 is 40.6. The first-order chi connectivity index (χ1) is 20.1. The number of hydrogen-bond donors (Lipinski definition) is 0. The van der Waals surface area contributed by atoms with Gasteiger partial charge in [-0.05, 0) is 36.9 Å². The number of benzene rings is 2. The molecule has 5 rings (SSSR count). The Bertz CT molecular complexity index is 1670. The van der Waals surface area contributed by atoms with E-state index in [0.29, 0.717) is 47.7 Å². The number of alkyl halides is 2. The van der Waals surface area contributed by atoms with Crippen molar-refractivity contribution in [2.24, 2.45) is 5.92 Å². The van der Waals surface area contributed by atoms with Crippen LogP contribution in [-0.2, 0) is 24.4 Å². The van der Waals surface area contributed by atoms with E-state index in [1.165, 1.54) is 18.9 Å². The number of halogens is 2. The Kier molecular flexibility index (Phi) is 9.04. The van der Waals surface area contributed by atoms with Gasteiger partial charge in [0.1, 0.15) is 31.0 Å². The maximum absolute atomic E-state index is 13.4. The van der Waals surface area contributed by atoms with Crippen LogP contribution >= 0.6 is 0 Å². The molecule has 0 N–H and O–H groups in total. The lowest BCUT2D eigenvalue weighted by molar-refractivity contribution is 0.0818. The van der Waals surface area contributed by atoms with Gasteiger partial charge in [-0.15, -0.1) is 0 Å². The molecule has 1 saturated carbocycles. The topological polar surface area (TPSA) is 95.0 Å². The molecule has 0 unspecified atom stereocenters. The van der Waals surface area contributed by atoms with E-state index < -0.39 is 21.1 Å². The molecule has 0 amide bonds. The largest absolute Gasteiger partial charge is 0.486 e. The van der Waals surface area contributed by atoms with Crippen molar-refractivity contribution in [1.82, 2.24) is 19.3 Å². The van der Waals surface area contributed by atoms with Crippen LogP contribution in [-0.4, -0.2) is 47.0 Å². The number of nitrogens with zero attached hydrogens (tertiary/aromatic N) is 5. The minimum Gasteiger partial charge on any atom is -0.486 e. The first-order valence-corrected chi connectivity index (χ1v) is 18.2. The van der Waals surface area contributed by atoms with E-state index >= 15 is 0 Å². The Balaban J connectivity index is 1.57. The molecule has 0 atom stereocenters. The molecule has 42 heavy (non-hydrogen) atoms. The van der Waals surface area contributed by atoms with Crippen LogP contribution in [0.5, 0.6) is 5.75 Å². The zero-order chi connectivity index (χ0) is 29.9. The minimum atomic E-state index is -2.67. The van der Waals surface area contributed by atoms with Gasteiger partial charge in [0.05, 0.1) is 34.1 Å². The Morgan fingerprint density at radius 3 is 2.57 bits per heavy atom. The van der Waals surface area contributed by atoms with Crippen molar-refractivity contribution in [3.63, 3.8) is 0 Å². The lowest BCUT2D eigenvalue weighted by Crippen LogP contribution is -2.27. The maximum Gasteiger partial charge on any atom is 0.274 e. The molecule has 2 aromatic carbocycles. The zero-order valence-corrected chi connectivity index (χ0v) is 25.4. The van der Waals surface area contributed by atoms with E-state index in [4.69, 9.17) is 19.6 Å². The highest BCUT2D eigenvalue weighted by atomic mass is 28.3. The molecule has 1 aliphatic rings. The van der Waals surface area contributed by atoms with Gasteiger partial charge < -0.3 is 14.0 Å². The summed E-state index contributed by atoms with van der Waals surface area (Å²) in [6.07, 6.45) is 2.19. The van der Waals surface area contributed by atoms with Crippen molar-refractivity contribution in [1.29, 1.82) is 5.26 Å². The number of ether oxygens (including phenoxy) is 2. The number of hydrogen-bond acceptors (Lipinski definition) is 6. The van der Waals surface area contributed by atoms with Gasteiger partial charge >= 0.3 is 0 Å². The molecule has 0 bridgehead atoms. The van der Waals surface area contributed by atoms with E-state index in [0.717, 1.165) is 30.0 Å². The summed E-state index contributed by atoms with van der Waals surface area (Å²) in [6, 6.07) is 13.7. The molecule has 0 spiro atoms. The fourth-order valence-electron chi connectivity index (χ4n) is 5.52. The van der Waals surface area contributed by atoms with Gasteiger partial charge in [0.2, 0.25) is 0 Å². The smallest absolute Gasteiger partial charge is 0.274 e. The summed E-state index contributed by atoms with van der Waals surface area (Å²) in [5.74, 6) is 1.14. The fraction of sp³-hybridized carbons (Fsp3) is 0.484. The van der Waals surface area contributed by atoms with Gasteiger partial charge in [0, 0.05) is 32.7 Å². The molecule has 0 radical (unpaired) electrons. The number of nitriles is 1.